The van der Waals surface area contributed by atoms with Crippen molar-refractivity contribution in [1.82, 2.24) is 19.7 Å². The van der Waals surface area contributed by atoms with E-state index in [1.54, 1.807) is 101 Å². The number of rotatable bonds is 22. The van der Waals surface area contributed by atoms with Gasteiger partial charge in [-0.25, -0.2) is 34.6 Å². The molecule has 536 valence electrons. The summed E-state index contributed by atoms with van der Waals surface area (Å²) in [5, 5.41) is 0.447. The lowest BCUT2D eigenvalue weighted by molar-refractivity contribution is 0.0742. The molecule has 103 heavy (non-hydrogen) atoms. The molecule has 3 N–H and O–H groups in total. The zero-order chi connectivity index (χ0) is 72.6. The minimum atomic E-state index is -4.55. The maximum absolute atomic E-state index is 15.2. The third-order valence-electron chi connectivity index (χ3n) is 18.8. The Balaban J connectivity index is 0.802. The van der Waals surface area contributed by atoms with E-state index in [4.69, 9.17) is 21.1 Å². The van der Waals surface area contributed by atoms with Gasteiger partial charge in [-0.2, -0.15) is 0 Å². The van der Waals surface area contributed by atoms with E-state index in [0.717, 1.165) is 36.7 Å². The van der Waals surface area contributed by atoms with Crippen LogP contribution in [0.1, 0.15) is 74.8 Å². The highest BCUT2D eigenvalue weighted by molar-refractivity contribution is 7.93. The van der Waals surface area contributed by atoms with Gasteiger partial charge in [-0.3, -0.25) is 28.5 Å². The van der Waals surface area contributed by atoms with Crippen LogP contribution in [0.5, 0.6) is 11.5 Å². The molecule has 4 heterocycles. The minimum absolute atomic E-state index is 0.0462. The number of halogens is 2. The Hall–Kier alpha value is -10.2. The number of unbranched alkanes of at least 4 members (excludes halogenated alkanes) is 1. The molecule has 0 bridgehead atoms. The number of pyridine rings is 1. The van der Waals surface area contributed by atoms with E-state index in [0.29, 0.717) is 132 Å². The van der Waals surface area contributed by atoms with Crippen molar-refractivity contribution in [1.29, 1.82) is 0 Å². The number of methoxy groups -OCH3 is 2. The number of nitrogens with zero attached hydrogens (tertiary/aromatic N) is 7. The molecule has 3 aliphatic heterocycles. The first-order valence-corrected chi connectivity index (χ1v) is 38.9. The topological polar surface area (TPSA) is 241 Å². The van der Waals surface area contributed by atoms with E-state index < -0.39 is 41.8 Å². The lowest BCUT2D eigenvalue weighted by Gasteiger charge is -2.35. The number of hydrogen-bond acceptors (Lipinski definition) is 15. The van der Waals surface area contributed by atoms with Crippen LogP contribution in [0.25, 0.3) is 22.3 Å². The first-order valence-electron chi connectivity index (χ1n) is 34.1. The summed E-state index contributed by atoms with van der Waals surface area (Å²) in [6.07, 6.45) is 5.63. The van der Waals surface area contributed by atoms with E-state index in [1.165, 1.54) is 61.7 Å². The van der Waals surface area contributed by atoms with Crippen LogP contribution in [-0.2, 0) is 36.5 Å². The third-order valence-corrected chi connectivity index (χ3v) is 23.1. The van der Waals surface area contributed by atoms with Gasteiger partial charge in [0.15, 0.2) is 0 Å². The molecule has 8 aromatic carbocycles. The monoisotopic (exact) mass is 1470 g/mol. The van der Waals surface area contributed by atoms with Crippen molar-refractivity contribution >= 4 is 93.6 Å². The van der Waals surface area contributed by atoms with Crippen molar-refractivity contribution in [2.24, 2.45) is 0 Å². The predicted octanol–water partition coefficient (Wildman–Crippen LogP) is 12.9. The fourth-order valence-electron chi connectivity index (χ4n) is 13.2. The Labute approximate surface area is 606 Å². The smallest absolute Gasteiger partial charge is 0.262 e. The molecule has 3 fully saturated rings. The average molecular weight is 1470 g/mol. The zero-order valence-corrected chi connectivity index (χ0v) is 60.7. The lowest BCUT2D eigenvalue weighted by atomic mass is 9.95. The quantitative estimate of drug-likeness (QED) is 0.0572. The second kappa shape index (κ2) is 31.6. The summed E-state index contributed by atoms with van der Waals surface area (Å²) in [7, 11) is -9.82. The fourth-order valence-corrected chi connectivity index (χ4v) is 16.7. The van der Waals surface area contributed by atoms with Gasteiger partial charge in [0.1, 0.15) is 23.1 Å². The molecule has 0 radical (unpaired) electrons. The summed E-state index contributed by atoms with van der Waals surface area (Å²) < 4.78 is 120. The van der Waals surface area contributed by atoms with Crippen molar-refractivity contribution in [3.05, 3.63) is 227 Å². The second-order valence-corrected chi connectivity index (χ2v) is 31.0. The van der Waals surface area contributed by atoms with Crippen molar-refractivity contribution in [2.45, 2.75) is 60.6 Å². The Bertz CT molecular complexity index is 4980. The molecule has 0 spiro atoms. The molecule has 0 aliphatic carbocycles. The molecule has 3 aliphatic rings. The highest BCUT2D eigenvalue weighted by atomic mass is 35.5. The molecule has 0 atom stereocenters. The average Bonchev–Trinajstić information content (AvgIpc) is 0.824. The number of anilines is 6. The van der Waals surface area contributed by atoms with Gasteiger partial charge in [0, 0.05) is 118 Å². The summed E-state index contributed by atoms with van der Waals surface area (Å²) in [5.41, 5.74) is 5.86. The SMILES string of the molecule is CCCCc1ccc(NS(=O)(=O)c2cc(C(=O)N3CCN(c4ccccn4)CC3)c(C)c(-c3ccc(OC)c(N4CCCN(C(=O)c5cc(-c6ccc(N7CCCN(C(=O)c8cccc(S(=O)(=O)Nc9ccc(Cl)cc9)c8)CC7)c(OC)c6)cc(S(=O)(=O)Nc6ccccc6F)c5)CC4)c3)c2)cc1. The summed E-state index contributed by atoms with van der Waals surface area (Å²) in [6.45, 7) is 8.48. The summed E-state index contributed by atoms with van der Waals surface area (Å²) >= 11 is 6.01. The number of amides is 3. The van der Waals surface area contributed by atoms with Crippen molar-refractivity contribution in [3.63, 3.8) is 0 Å². The first kappa shape index (κ1) is 72.6. The van der Waals surface area contributed by atoms with Gasteiger partial charge in [0.2, 0.25) is 0 Å². The predicted molar refractivity (Wildman–Crippen MR) is 401 cm³/mol. The number of hydrogen-bond donors (Lipinski definition) is 3. The molecular weight excluding hydrogens is 1390 g/mol. The largest absolute Gasteiger partial charge is 0.495 e. The number of sulfonamides is 3. The van der Waals surface area contributed by atoms with Crippen LogP contribution < -0.4 is 38.3 Å². The van der Waals surface area contributed by atoms with Gasteiger partial charge < -0.3 is 38.9 Å². The zero-order valence-electron chi connectivity index (χ0n) is 57.5. The van der Waals surface area contributed by atoms with Gasteiger partial charge >= 0.3 is 0 Å². The van der Waals surface area contributed by atoms with Crippen LogP contribution in [0.2, 0.25) is 5.02 Å². The Morgan fingerprint density at radius 2 is 1.08 bits per heavy atom. The molecule has 1 aromatic heterocycles. The normalized spacial score (nSPS) is 14.7. The maximum atomic E-state index is 15.2. The highest BCUT2D eigenvalue weighted by Gasteiger charge is 2.32. The summed E-state index contributed by atoms with van der Waals surface area (Å²) in [5.74, 6) is -0.181. The number of piperazine rings is 1. The van der Waals surface area contributed by atoms with Crippen LogP contribution >= 0.6 is 11.6 Å². The number of aryl methyl sites for hydroxylation is 1. The number of para-hydroxylation sites is 1. The molecule has 9 aromatic rings. The number of benzene rings is 8. The Morgan fingerprint density at radius 1 is 0.495 bits per heavy atom. The van der Waals surface area contributed by atoms with Crippen molar-refractivity contribution < 1.29 is 53.5 Å². The van der Waals surface area contributed by atoms with Crippen LogP contribution in [0.15, 0.2) is 203 Å². The third kappa shape index (κ3) is 16.8. The van der Waals surface area contributed by atoms with Gasteiger partial charge in [-0.15, -0.1) is 0 Å². The van der Waals surface area contributed by atoms with Crippen LogP contribution in [0.3, 0.4) is 0 Å². The molecular formula is C77H80ClFN10O11S3. The molecule has 3 saturated heterocycles. The minimum Gasteiger partial charge on any atom is -0.495 e. The number of ether oxygens (including phenoxy) is 2. The molecule has 21 nitrogen and oxygen atoms in total. The number of carbonyl (C=O) groups is 3. The van der Waals surface area contributed by atoms with Crippen LogP contribution in [0.4, 0.5) is 38.6 Å². The van der Waals surface area contributed by atoms with E-state index in [-0.39, 0.29) is 75.1 Å². The number of aromatic nitrogens is 1. The van der Waals surface area contributed by atoms with E-state index >= 15 is 9.18 Å². The molecule has 3 amide bonds. The molecule has 12 rings (SSSR count). The first-order chi connectivity index (χ1) is 49.6. The molecule has 0 saturated carbocycles. The summed E-state index contributed by atoms with van der Waals surface area (Å²) in [6, 6.07) is 48.8. The van der Waals surface area contributed by atoms with Crippen molar-refractivity contribution in [3.8, 4) is 33.8 Å². The van der Waals surface area contributed by atoms with Crippen LogP contribution in [0, 0.1) is 12.7 Å². The highest BCUT2D eigenvalue weighted by Crippen LogP contribution is 2.40. The van der Waals surface area contributed by atoms with Gasteiger partial charge in [0.25, 0.3) is 47.8 Å². The van der Waals surface area contributed by atoms with Crippen LogP contribution in [-0.4, -0.2) is 155 Å². The standard InChI is InChI=1S/C77H80ClFN10O11S3/c1-5-6-14-54-20-26-61(27-21-54)82-102(95,96)65-51-66(53(2)67(52-65)77(92)89-43-39-86(40-44-89)74-19-9-10-32-80-74)56-23-31-72(99-3)71(49-56)85-34-13-36-88(42-38-85)76(91)59-45-58(47-64(48-59)103(97,98)83-69-18-8-7-17-68(69)79)55-22-30-70(73(50-55)100-4)84-33-12-35-87(41-37-84)75(90)57-15-11-16-63(46-57)101(93,94)81-62-28-24-60(78)25-29-62/h7-11,15-32,45-52,81-83H,5-6,12-14,33-44H2,1-4H3. The second-order valence-electron chi connectivity index (χ2n) is 25.5. The molecule has 0 unspecified atom stereocenters. The lowest BCUT2D eigenvalue weighted by Crippen LogP contribution is -2.49. The Kier molecular flexibility index (Phi) is 22.2. The summed E-state index contributed by atoms with van der Waals surface area (Å²) in [4.78, 5) is 59.5. The van der Waals surface area contributed by atoms with E-state index in [1.807, 2.05) is 55.5 Å². The van der Waals surface area contributed by atoms with Gasteiger partial charge in [0.05, 0.1) is 46.0 Å². The number of nitrogens with one attached hydrogen (secondary N) is 3. The molecule has 26 heteroatoms. The van der Waals surface area contributed by atoms with Crippen molar-refractivity contribution in [2.75, 3.05) is 122 Å². The Morgan fingerprint density at radius 3 is 1.73 bits per heavy atom. The van der Waals surface area contributed by atoms with E-state index in [2.05, 4.69) is 40.8 Å². The number of carbonyl (C=O) groups excluding carboxylic acids is 3. The van der Waals surface area contributed by atoms with Gasteiger partial charge in [-0.1, -0.05) is 73.5 Å². The fraction of sp³-hybridized carbons (Fsp3) is 0.273. The van der Waals surface area contributed by atoms with Gasteiger partial charge in [-0.05, 0) is 199 Å². The maximum Gasteiger partial charge on any atom is 0.262 e. The van der Waals surface area contributed by atoms with E-state index in [9.17, 15) is 34.8 Å².